The van der Waals surface area contributed by atoms with Crippen molar-refractivity contribution in [1.29, 1.82) is 0 Å². The van der Waals surface area contributed by atoms with Crippen molar-refractivity contribution in [2.75, 3.05) is 13.7 Å². The van der Waals surface area contributed by atoms with E-state index in [1.54, 1.807) is 30.3 Å². The maximum absolute atomic E-state index is 13.4. The van der Waals surface area contributed by atoms with E-state index in [0.29, 0.717) is 24.8 Å². The van der Waals surface area contributed by atoms with E-state index >= 15 is 0 Å². The molecule has 0 amide bonds. The summed E-state index contributed by atoms with van der Waals surface area (Å²) in [5.41, 5.74) is 0.483. The summed E-state index contributed by atoms with van der Waals surface area (Å²) >= 11 is 1.90. The number of unbranched alkanes of at least 4 members (excludes halogenated alkanes) is 1. The first-order valence-electron chi connectivity index (χ1n) is 7.19. The van der Waals surface area contributed by atoms with Gasteiger partial charge >= 0.3 is 17.9 Å². The van der Waals surface area contributed by atoms with E-state index in [1.807, 2.05) is 22.6 Å². The van der Waals surface area contributed by atoms with Gasteiger partial charge in [0, 0.05) is 10.3 Å². The largest absolute Gasteiger partial charge is 0.465 e. The van der Waals surface area contributed by atoms with E-state index in [9.17, 15) is 18.4 Å². The normalized spacial score (nSPS) is 12.5. The summed E-state index contributed by atoms with van der Waals surface area (Å²) in [5.74, 6) is -5.36. The average Bonchev–Trinajstić information content (AvgIpc) is 2.53. The Kier molecular flexibility index (Phi) is 8.43. The molecule has 23 heavy (non-hydrogen) atoms. The maximum Gasteiger partial charge on any atom is 0.376 e. The highest BCUT2D eigenvalue weighted by atomic mass is 127. The van der Waals surface area contributed by atoms with Crippen molar-refractivity contribution in [3.8, 4) is 0 Å². The van der Waals surface area contributed by atoms with Gasteiger partial charge in [-0.2, -0.15) is 8.78 Å². The molecule has 1 atom stereocenters. The number of benzene rings is 1. The lowest BCUT2D eigenvalue weighted by Crippen LogP contribution is -2.32. The van der Waals surface area contributed by atoms with Crippen molar-refractivity contribution < 1.29 is 27.8 Å². The van der Waals surface area contributed by atoms with Gasteiger partial charge in [0.1, 0.15) is 0 Å². The van der Waals surface area contributed by atoms with E-state index in [1.165, 1.54) is 0 Å². The Labute approximate surface area is 147 Å². The van der Waals surface area contributed by atoms with Crippen LogP contribution in [0.2, 0.25) is 0 Å². The standard InChI is InChI=1S/C16H19F2IO4/c1-22-15(21)16(17,18)11-13(19)9-5-6-10-23-14(20)12-7-3-2-4-8-12/h2-4,7-8,13H,5-6,9-11H2,1H3. The molecule has 0 aliphatic carbocycles. The molecule has 0 aliphatic heterocycles. The summed E-state index contributed by atoms with van der Waals surface area (Å²) in [7, 11) is 0.944. The zero-order valence-corrected chi connectivity index (χ0v) is 14.9. The Morgan fingerprint density at radius 3 is 2.48 bits per heavy atom. The molecule has 1 aromatic carbocycles. The van der Waals surface area contributed by atoms with Gasteiger partial charge in [-0.05, 0) is 31.4 Å². The quantitative estimate of drug-likeness (QED) is 0.252. The molecule has 0 saturated heterocycles. The van der Waals surface area contributed by atoms with Gasteiger partial charge in [0.05, 0.1) is 19.3 Å². The number of carbonyl (C=O) groups excluding carboxylic acids is 2. The monoisotopic (exact) mass is 440 g/mol. The minimum absolute atomic E-state index is 0.241. The molecule has 0 heterocycles. The van der Waals surface area contributed by atoms with Gasteiger partial charge in [0.2, 0.25) is 0 Å². The first-order valence-corrected chi connectivity index (χ1v) is 8.44. The summed E-state index contributed by atoms with van der Waals surface area (Å²) in [6.07, 6.45) is 1.18. The van der Waals surface area contributed by atoms with E-state index in [-0.39, 0.29) is 10.5 Å². The summed E-state index contributed by atoms with van der Waals surface area (Å²) in [4.78, 5) is 22.6. The van der Waals surface area contributed by atoms with Gasteiger partial charge < -0.3 is 9.47 Å². The highest BCUT2D eigenvalue weighted by Gasteiger charge is 2.41. The van der Waals surface area contributed by atoms with Gasteiger partial charge in [0.15, 0.2) is 0 Å². The smallest absolute Gasteiger partial charge is 0.376 e. The highest BCUT2D eigenvalue weighted by Crippen LogP contribution is 2.28. The van der Waals surface area contributed by atoms with Crippen molar-refractivity contribution in [3.63, 3.8) is 0 Å². The number of hydrogen-bond donors (Lipinski definition) is 0. The van der Waals surface area contributed by atoms with Crippen molar-refractivity contribution >= 4 is 34.5 Å². The number of halogens is 3. The molecule has 0 fully saturated rings. The second-order valence-corrected chi connectivity index (χ2v) is 6.76. The lowest BCUT2D eigenvalue weighted by atomic mass is 10.1. The fraction of sp³-hybridized carbons (Fsp3) is 0.500. The topological polar surface area (TPSA) is 52.6 Å². The second kappa shape index (κ2) is 9.79. The van der Waals surface area contributed by atoms with Crippen LogP contribution in [0.5, 0.6) is 0 Å². The fourth-order valence-electron chi connectivity index (χ4n) is 1.90. The SMILES string of the molecule is COC(=O)C(F)(F)CC(I)CCCCOC(=O)c1ccccc1. The third kappa shape index (κ3) is 7.24. The molecule has 0 aromatic heterocycles. The van der Waals surface area contributed by atoms with Crippen LogP contribution in [0.15, 0.2) is 30.3 Å². The van der Waals surface area contributed by atoms with Crippen LogP contribution in [-0.4, -0.2) is 35.5 Å². The Morgan fingerprint density at radius 2 is 1.87 bits per heavy atom. The van der Waals surface area contributed by atoms with Crippen LogP contribution in [0, 0.1) is 0 Å². The van der Waals surface area contributed by atoms with Crippen LogP contribution in [0.25, 0.3) is 0 Å². The Bertz CT molecular complexity index is 508. The summed E-state index contributed by atoms with van der Waals surface area (Å²) in [5, 5.41) is 0. The lowest BCUT2D eigenvalue weighted by molar-refractivity contribution is -0.169. The van der Waals surface area contributed by atoms with Gasteiger partial charge in [-0.1, -0.05) is 40.8 Å². The van der Waals surface area contributed by atoms with Crippen LogP contribution in [0.3, 0.4) is 0 Å². The molecular weight excluding hydrogens is 421 g/mol. The van der Waals surface area contributed by atoms with Gasteiger partial charge in [-0.25, -0.2) is 9.59 Å². The van der Waals surface area contributed by atoms with Crippen molar-refractivity contribution in [2.24, 2.45) is 0 Å². The lowest BCUT2D eigenvalue weighted by Gasteiger charge is -2.17. The molecule has 0 radical (unpaired) electrons. The van der Waals surface area contributed by atoms with Crippen molar-refractivity contribution in [3.05, 3.63) is 35.9 Å². The predicted octanol–water partition coefficient (Wildman–Crippen LogP) is 4.02. The molecule has 128 valence electrons. The zero-order chi connectivity index (χ0) is 17.3. The van der Waals surface area contributed by atoms with E-state index in [4.69, 9.17) is 4.74 Å². The fourth-order valence-corrected chi connectivity index (χ4v) is 2.90. The van der Waals surface area contributed by atoms with E-state index in [0.717, 1.165) is 7.11 Å². The Morgan fingerprint density at radius 1 is 1.22 bits per heavy atom. The Hall–Kier alpha value is -1.25. The minimum Gasteiger partial charge on any atom is -0.465 e. The molecule has 0 bridgehead atoms. The van der Waals surface area contributed by atoms with Crippen LogP contribution < -0.4 is 0 Å². The van der Waals surface area contributed by atoms with E-state index in [2.05, 4.69) is 4.74 Å². The molecule has 0 saturated carbocycles. The first kappa shape index (κ1) is 19.8. The van der Waals surface area contributed by atoms with Crippen LogP contribution in [-0.2, 0) is 14.3 Å². The molecule has 4 nitrogen and oxygen atoms in total. The van der Waals surface area contributed by atoms with Crippen molar-refractivity contribution in [2.45, 2.75) is 35.5 Å². The summed E-state index contributed by atoms with van der Waals surface area (Å²) < 4.78 is 35.6. The van der Waals surface area contributed by atoms with Crippen molar-refractivity contribution in [1.82, 2.24) is 0 Å². The third-order valence-electron chi connectivity index (χ3n) is 3.12. The number of alkyl halides is 3. The van der Waals surface area contributed by atoms with E-state index < -0.39 is 24.3 Å². The zero-order valence-electron chi connectivity index (χ0n) is 12.8. The highest BCUT2D eigenvalue weighted by molar-refractivity contribution is 14.1. The molecular formula is C16H19F2IO4. The van der Waals surface area contributed by atoms with Crippen LogP contribution in [0.4, 0.5) is 8.78 Å². The minimum atomic E-state index is -3.46. The average molecular weight is 440 g/mol. The number of carbonyl (C=O) groups is 2. The molecule has 1 aromatic rings. The third-order valence-corrected chi connectivity index (χ3v) is 4.18. The Balaban J connectivity index is 2.20. The molecule has 1 unspecified atom stereocenters. The molecule has 0 aliphatic rings. The van der Waals surface area contributed by atoms with Crippen LogP contribution in [0.1, 0.15) is 36.0 Å². The molecule has 0 N–H and O–H groups in total. The van der Waals surface area contributed by atoms with Crippen LogP contribution >= 0.6 is 22.6 Å². The summed E-state index contributed by atoms with van der Waals surface area (Å²) in [6, 6.07) is 8.63. The van der Waals surface area contributed by atoms with Gasteiger partial charge in [0.25, 0.3) is 0 Å². The number of rotatable bonds is 9. The number of hydrogen-bond acceptors (Lipinski definition) is 4. The second-order valence-electron chi connectivity index (χ2n) is 5.00. The number of ether oxygens (including phenoxy) is 2. The van der Waals surface area contributed by atoms with Gasteiger partial charge in [-0.3, -0.25) is 0 Å². The number of methoxy groups -OCH3 is 1. The molecule has 0 spiro atoms. The molecule has 7 heteroatoms. The molecule has 1 rings (SSSR count). The predicted molar refractivity (Wildman–Crippen MR) is 90.0 cm³/mol. The number of esters is 2. The summed E-state index contributed by atoms with van der Waals surface area (Å²) in [6.45, 7) is 0.241. The maximum atomic E-state index is 13.4. The van der Waals surface area contributed by atoms with Gasteiger partial charge in [-0.15, -0.1) is 0 Å². The first-order chi connectivity index (χ1) is 10.9.